The minimum absolute atomic E-state index is 0.122. The average molecular weight is 652 g/mol. The average Bonchev–Trinajstić information content (AvgIpc) is 3.79. The van der Waals surface area contributed by atoms with Gasteiger partial charge >= 0.3 is 0 Å². The molecule has 8 aromatic rings. The van der Waals surface area contributed by atoms with E-state index in [1.807, 2.05) is 42.5 Å². The van der Waals surface area contributed by atoms with Crippen molar-refractivity contribution in [2.24, 2.45) is 0 Å². The molecule has 10 rings (SSSR count). The lowest BCUT2D eigenvalue weighted by Crippen LogP contribution is -2.25. The van der Waals surface area contributed by atoms with E-state index in [1.54, 1.807) is 11.3 Å². The van der Waals surface area contributed by atoms with Crippen LogP contribution in [0.25, 0.3) is 42.2 Å². The Bertz CT molecular complexity index is 2710. The zero-order chi connectivity index (χ0) is 34.6. The molecule has 0 saturated heterocycles. The van der Waals surface area contributed by atoms with Gasteiger partial charge in [0, 0.05) is 52.3 Å². The fourth-order valence-electron chi connectivity index (χ4n) is 8.20. The lowest BCUT2D eigenvalue weighted by Gasteiger charge is -2.31. The molecule has 0 amide bonds. The van der Waals surface area contributed by atoms with Crippen molar-refractivity contribution in [3.63, 3.8) is 0 Å². The molecule has 2 aliphatic rings. The maximum absolute atomic E-state index is 8.99. The zero-order valence-electron chi connectivity index (χ0n) is 29.6. The first kappa shape index (κ1) is 26.5. The predicted molar refractivity (Wildman–Crippen MR) is 208 cm³/mol. The third-order valence-corrected chi connectivity index (χ3v) is 11.8. The molecule has 1 aliphatic carbocycles. The summed E-state index contributed by atoms with van der Waals surface area (Å²) in [5, 5.41) is 8.61. The third-order valence-electron chi connectivity index (χ3n) is 10.6. The van der Waals surface area contributed by atoms with E-state index >= 15 is 0 Å². The molecule has 6 aromatic carbocycles. The number of hydrogen-bond acceptors (Lipinski definition) is 4. The summed E-state index contributed by atoms with van der Waals surface area (Å²) in [6.07, 6.45) is -1.89. The fraction of sp³-hybridized carbons (Fsp3) is 0.133. The second kappa shape index (κ2) is 10.5. The smallest absolute Gasteiger partial charge is 0.132 e. The van der Waals surface area contributed by atoms with Gasteiger partial charge in [0.2, 0.25) is 0 Å². The molecule has 0 saturated carbocycles. The van der Waals surface area contributed by atoms with E-state index in [-0.39, 0.29) is 11.6 Å². The Kier molecular flexibility index (Phi) is 5.69. The van der Waals surface area contributed by atoms with Crippen LogP contribution in [0.15, 0.2) is 133 Å². The Labute approximate surface area is 293 Å². The summed E-state index contributed by atoms with van der Waals surface area (Å²) in [6, 6.07) is 46.6. The summed E-state index contributed by atoms with van der Waals surface area (Å²) in [5.74, 6) is 0. The topological polar surface area (TPSA) is 28.2 Å². The number of fused-ring (bicyclic) bond motifs is 9. The number of pyridine rings is 1. The Morgan fingerprint density at radius 2 is 1.53 bits per heavy atom. The van der Waals surface area contributed by atoms with Crippen LogP contribution in [0.4, 0.5) is 17.1 Å². The van der Waals surface area contributed by atoms with Gasteiger partial charge in [-0.3, -0.25) is 0 Å². The highest BCUT2D eigenvalue weighted by molar-refractivity contribution is 7.25. The molecule has 1 aliphatic heterocycles. The van der Waals surface area contributed by atoms with Crippen LogP contribution in [-0.2, 0) is 11.8 Å². The molecule has 1 unspecified atom stereocenters. The number of hydrogen-bond donors (Lipinski definition) is 1. The first-order chi connectivity index (χ1) is 24.7. The van der Waals surface area contributed by atoms with Gasteiger partial charge in [0.15, 0.2) is 0 Å². The van der Waals surface area contributed by atoms with Crippen molar-refractivity contribution in [3.8, 4) is 11.1 Å². The number of benzene rings is 6. The summed E-state index contributed by atoms with van der Waals surface area (Å²) >= 11 is 1.65. The summed E-state index contributed by atoms with van der Waals surface area (Å²) < 4.78 is 19.1. The molecule has 0 spiro atoms. The van der Waals surface area contributed by atoms with Gasteiger partial charge in [-0.1, -0.05) is 117 Å². The number of rotatable bonds is 4. The van der Waals surface area contributed by atoms with Crippen LogP contribution in [0.3, 0.4) is 0 Å². The summed E-state index contributed by atoms with van der Waals surface area (Å²) in [5.41, 5.74) is 12.2. The van der Waals surface area contributed by atoms with E-state index in [0.29, 0.717) is 11.3 Å². The van der Waals surface area contributed by atoms with Gasteiger partial charge in [0.1, 0.15) is 11.0 Å². The predicted octanol–water partition coefficient (Wildman–Crippen LogP) is 12.1. The summed E-state index contributed by atoms with van der Waals surface area (Å²) in [4.78, 5) is 8.33. The molecule has 0 radical (unpaired) electrons. The van der Waals surface area contributed by atoms with Gasteiger partial charge in [-0.05, 0) is 76.0 Å². The maximum atomic E-state index is 8.99. The number of nitrogens with zero attached hydrogens (tertiary/aromatic N) is 2. The van der Waals surface area contributed by atoms with Crippen LogP contribution < -0.4 is 10.2 Å². The molecule has 2 aromatic heterocycles. The second-order valence-corrected chi connectivity index (χ2v) is 14.8. The normalized spacial score (nSPS) is 16.7. The highest BCUT2D eigenvalue weighted by Gasteiger charge is 2.39. The van der Waals surface area contributed by atoms with Crippen LogP contribution in [0.2, 0.25) is 0 Å². The number of thiophene rings is 1. The Balaban J connectivity index is 1.17. The SMILES string of the molecule is [2H]C([2H])(c1ccccc1)c1ccc2c(n1)sc1c(C3Nc4c(ccc5ccccc45)N3c3cc4c(cc3C)-c3ccccc3C4(C)C)cccc12. The van der Waals surface area contributed by atoms with Gasteiger partial charge in [-0.25, -0.2) is 4.98 Å². The molecule has 1 N–H and O–H groups in total. The minimum Gasteiger partial charge on any atom is -0.359 e. The van der Waals surface area contributed by atoms with E-state index in [1.165, 1.54) is 49.8 Å². The van der Waals surface area contributed by atoms with Gasteiger partial charge in [0.05, 0.1) is 11.4 Å². The van der Waals surface area contributed by atoms with Crippen LogP contribution >= 0.6 is 11.3 Å². The molecular weight excluding hydrogens is 615 g/mol. The van der Waals surface area contributed by atoms with Crippen molar-refractivity contribution < 1.29 is 2.74 Å². The van der Waals surface area contributed by atoms with Gasteiger partial charge in [0.25, 0.3) is 0 Å². The molecule has 3 heterocycles. The van der Waals surface area contributed by atoms with E-state index in [9.17, 15) is 0 Å². The zero-order valence-corrected chi connectivity index (χ0v) is 28.4. The van der Waals surface area contributed by atoms with Crippen LogP contribution in [0, 0.1) is 6.92 Å². The molecule has 0 bridgehead atoms. The third kappa shape index (κ3) is 4.23. The van der Waals surface area contributed by atoms with Crippen LogP contribution in [0.5, 0.6) is 0 Å². The standard InChI is InChI=1S/C45H35N3S/c1-27-24-36-32-16-9-10-19-37(32)45(2,3)38(36)26-40(27)48-39-23-20-29-14-7-8-15-31(29)41(39)47-43(48)35-18-11-17-33-34-22-21-30(46-44(34)49-42(33)35)25-28-12-5-4-6-13-28/h4-24,26,43,47H,25H2,1-3H3/i25D2. The lowest BCUT2D eigenvalue weighted by atomic mass is 9.82. The largest absolute Gasteiger partial charge is 0.359 e. The van der Waals surface area contributed by atoms with E-state index in [4.69, 9.17) is 7.73 Å². The Hall–Kier alpha value is -5.45. The molecule has 49 heavy (non-hydrogen) atoms. The van der Waals surface area contributed by atoms with E-state index in [0.717, 1.165) is 31.7 Å². The quantitative estimate of drug-likeness (QED) is 0.205. The molecule has 236 valence electrons. The fourth-order valence-corrected chi connectivity index (χ4v) is 9.41. The van der Waals surface area contributed by atoms with Gasteiger partial charge in [-0.15, -0.1) is 11.3 Å². The van der Waals surface area contributed by atoms with E-state index in [2.05, 4.69) is 122 Å². The van der Waals surface area contributed by atoms with Gasteiger partial charge in [-0.2, -0.15) is 0 Å². The Morgan fingerprint density at radius 3 is 2.43 bits per heavy atom. The number of aryl methyl sites for hydroxylation is 1. The maximum Gasteiger partial charge on any atom is 0.132 e. The van der Waals surface area contributed by atoms with Crippen molar-refractivity contribution in [1.29, 1.82) is 0 Å². The lowest BCUT2D eigenvalue weighted by molar-refractivity contribution is 0.659. The number of aromatic nitrogens is 1. The van der Waals surface area contributed by atoms with Crippen molar-refractivity contribution in [1.82, 2.24) is 4.98 Å². The van der Waals surface area contributed by atoms with Crippen molar-refractivity contribution in [3.05, 3.63) is 167 Å². The van der Waals surface area contributed by atoms with Crippen LogP contribution in [0.1, 0.15) is 56.3 Å². The van der Waals surface area contributed by atoms with E-state index < -0.39 is 6.37 Å². The van der Waals surface area contributed by atoms with Gasteiger partial charge < -0.3 is 10.2 Å². The number of nitrogens with one attached hydrogen (secondary N) is 1. The van der Waals surface area contributed by atoms with Crippen molar-refractivity contribution in [2.75, 3.05) is 10.2 Å². The molecule has 0 fully saturated rings. The van der Waals surface area contributed by atoms with Crippen molar-refractivity contribution >= 4 is 59.5 Å². The Morgan fingerprint density at radius 1 is 0.735 bits per heavy atom. The number of anilines is 3. The first-order valence-corrected chi connectivity index (χ1v) is 17.7. The second-order valence-electron chi connectivity index (χ2n) is 13.8. The molecular formula is C45H35N3S. The summed E-state index contributed by atoms with van der Waals surface area (Å²) in [7, 11) is 0. The van der Waals surface area contributed by atoms with Crippen molar-refractivity contribution in [2.45, 2.75) is 38.7 Å². The monoisotopic (exact) mass is 651 g/mol. The van der Waals surface area contributed by atoms with Crippen LogP contribution in [-0.4, -0.2) is 4.98 Å². The molecule has 1 atom stereocenters. The first-order valence-electron chi connectivity index (χ1n) is 17.9. The minimum atomic E-state index is -1.71. The summed E-state index contributed by atoms with van der Waals surface area (Å²) in [6.45, 7) is 6.93. The molecule has 3 nitrogen and oxygen atoms in total. The highest BCUT2D eigenvalue weighted by Crippen LogP contribution is 2.55. The highest BCUT2D eigenvalue weighted by atomic mass is 32.1. The molecule has 4 heteroatoms.